The van der Waals surface area contributed by atoms with Crippen LogP contribution in [0.15, 0.2) is 41.1 Å². The lowest BCUT2D eigenvalue weighted by Crippen LogP contribution is -2.13. The number of carbonyl (C=O) groups excluding carboxylic acids is 1. The van der Waals surface area contributed by atoms with Gasteiger partial charge in [0.2, 0.25) is 0 Å². The van der Waals surface area contributed by atoms with E-state index in [1.165, 1.54) is 0 Å². The van der Waals surface area contributed by atoms with E-state index in [9.17, 15) is 4.79 Å². The molecule has 2 aromatic heterocycles. The maximum Gasteiger partial charge on any atom is 0.257 e. The molecule has 0 aliphatic heterocycles. The van der Waals surface area contributed by atoms with E-state index in [2.05, 4.69) is 36.5 Å². The summed E-state index contributed by atoms with van der Waals surface area (Å²) in [4.78, 5) is 20.1. The van der Waals surface area contributed by atoms with Gasteiger partial charge in [0.25, 0.3) is 5.91 Å². The Labute approximate surface area is 113 Å². The van der Waals surface area contributed by atoms with Crippen LogP contribution in [0.3, 0.4) is 0 Å². The molecule has 0 saturated heterocycles. The van der Waals surface area contributed by atoms with E-state index >= 15 is 0 Å². The lowest BCUT2D eigenvalue weighted by Gasteiger charge is -2.05. The summed E-state index contributed by atoms with van der Waals surface area (Å²) in [5.74, 6) is 0.932. The number of hydrogen-bond acceptors (Lipinski definition) is 4. The highest BCUT2D eigenvalue weighted by atomic mass is 79.9. The number of amides is 1. The Morgan fingerprint density at radius 2 is 2.06 bits per heavy atom. The summed E-state index contributed by atoms with van der Waals surface area (Å²) in [6, 6.07) is 6.86. The van der Waals surface area contributed by atoms with E-state index in [0.29, 0.717) is 17.2 Å². The number of carbonyl (C=O) groups is 1. The average molecular weight is 307 g/mol. The maximum atomic E-state index is 11.9. The number of rotatable bonds is 3. The van der Waals surface area contributed by atoms with Gasteiger partial charge in [-0.05, 0) is 40.2 Å². The topological polar surface area (TPSA) is 66.9 Å². The number of aromatic nitrogens is 2. The summed E-state index contributed by atoms with van der Waals surface area (Å²) >= 11 is 3.28. The van der Waals surface area contributed by atoms with Crippen LogP contribution in [0.1, 0.15) is 10.4 Å². The first-order valence-electron chi connectivity index (χ1n) is 5.26. The fourth-order valence-corrected chi connectivity index (χ4v) is 1.58. The second-order valence-electron chi connectivity index (χ2n) is 3.50. The molecule has 0 saturated carbocycles. The van der Waals surface area contributed by atoms with Crippen LogP contribution in [-0.2, 0) is 0 Å². The van der Waals surface area contributed by atoms with E-state index < -0.39 is 0 Å². The minimum absolute atomic E-state index is 0.219. The molecule has 5 nitrogen and oxygen atoms in total. The fraction of sp³-hybridized carbons (Fsp3) is 0.0833. The second kappa shape index (κ2) is 5.59. The third-order valence-electron chi connectivity index (χ3n) is 2.25. The Balaban J connectivity index is 2.14. The maximum absolute atomic E-state index is 11.9. The van der Waals surface area contributed by atoms with Crippen LogP contribution in [0.4, 0.5) is 11.6 Å². The number of anilines is 2. The first kappa shape index (κ1) is 12.5. The molecule has 2 N–H and O–H groups in total. The summed E-state index contributed by atoms with van der Waals surface area (Å²) in [5.41, 5.74) is 0.527. The summed E-state index contributed by atoms with van der Waals surface area (Å²) in [5, 5.41) is 5.59. The van der Waals surface area contributed by atoms with Crippen LogP contribution in [0.5, 0.6) is 0 Å². The van der Waals surface area contributed by atoms with Crippen molar-refractivity contribution < 1.29 is 4.79 Å². The van der Waals surface area contributed by atoms with Crippen molar-refractivity contribution in [2.45, 2.75) is 0 Å². The van der Waals surface area contributed by atoms with Crippen molar-refractivity contribution >= 4 is 33.5 Å². The van der Waals surface area contributed by atoms with Crippen LogP contribution >= 0.6 is 15.9 Å². The highest BCUT2D eigenvalue weighted by molar-refractivity contribution is 9.10. The summed E-state index contributed by atoms with van der Waals surface area (Å²) in [6.07, 6.45) is 3.21. The van der Waals surface area contributed by atoms with Gasteiger partial charge in [0.15, 0.2) is 0 Å². The van der Waals surface area contributed by atoms with Crippen LogP contribution in [0.2, 0.25) is 0 Å². The van der Waals surface area contributed by atoms with E-state index in [0.717, 1.165) is 4.47 Å². The summed E-state index contributed by atoms with van der Waals surface area (Å²) in [7, 11) is 1.75. The molecule has 0 atom stereocenters. The molecule has 0 spiro atoms. The van der Waals surface area contributed by atoms with Crippen molar-refractivity contribution in [2.24, 2.45) is 0 Å². The molecular weight excluding hydrogens is 296 g/mol. The van der Waals surface area contributed by atoms with Gasteiger partial charge in [-0.1, -0.05) is 0 Å². The van der Waals surface area contributed by atoms with Gasteiger partial charge >= 0.3 is 0 Å². The number of hydrogen-bond donors (Lipinski definition) is 2. The monoisotopic (exact) mass is 306 g/mol. The van der Waals surface area contributed by atoms with E-state index in [1.807, 2.05) is 6.07 Å². The number of pyridine rings is 2. The molecule has 0 bridgehead atoms. The van der Waals surface area contributed by atoms with Crippen molar-refractivity contribution in [2.75, 3.05) is 17.7 Å². The van der Waals surface area contributed by atoms with Crippen LogP contribution in [-0.4, -0.2) is 22.9 Å². The van der Waals surface area contributed by atoms with Crippen molar-refractivity contribution in [3.8, 4) is 0 Å². The first-order valence-corrected chi connectivity index (χ1v) is 6.05. The quantitative estimate of drug-likeness (QED) is 0.914. The second-order valence-corrected chi connectivity index (χ2v) is 4.41. The number of nitrogens with one attached hydrogen (secondary N) is 2. The Hall–Kier alpha value is -1.95. The Morgan fingerprint density at radius 1 is 1.22 bits per heavy atom. The van der Waals surface area contributed by atoms with Gasteiger partial charge in [-0.3, -0.25) is 4.79 Å². The predicted molar refractivity (Wildman–Crippen MR) is 73.7 cm³/mol. The molecule has 2 aromatic rings. The molecule has 2 heterocycles. The van der Waals surface area contributed by atoms with Gasteiger partial charge < -0.3 is 10.6 Å². The third-order valence-corrected chi connectivity index (χ3v) is 2.72. The van der Waals surface area contributed by atoms with Gasteiger partial charge in [-0.25, -0.2) is 9.97 Å². The molecule has 0 unspecified atom stereocenters. The molecule has 18 heavy (non-hydrogen) atoms. The summed E-state index contributed by atoms with van der Waals surface area (Å²) in [6.45, 7) is 0. The van der Waals surface area contributed by atoms with E-state index in [4.69, 9.17) is 0 Å². The zero-order valence-electron chi connectivity index (χ0n) is 9.64. The SMILES string of the molecule is CNc1cc(C(=O)Nc2ccc(Br)cn2)ccn1. The Bertz CT molecular complexity index is 556. The van der Waals surface area contributed by atoms with Gasteiger partial charge in [0, 0.05) is 29.5 Å². The number of halogens is 1. The largest absolute Gasteiger partial charge is 0.373 e. The molecule has 0 aromatic carbocycles. The van der Waals surface area contributed by atoms with Gasteiger partial charge in [-0.2, -0.15) is 0 Å². The predicted octanol–water partition coefficient (Wildman–Crippen LogP) is 2.53. The normalized spacial score (nSPS) is 9.89. The minimum Gasteiger partial charge on any atom is -0.373 e. The van der Waals surface area contributed by atoms with Gasteiger partial charge in [0.1, 0.15) is 11.6 Å². The Morgan fingerprint density at radius 3 is 2.72 bits per heavy atom. The molecule has 92 valence electrons. The molecule has 0 radical (unpaired) electrons. The van der Waals surface area contributed by atoms with Crippen molar-refractivity contribution in [1.29, 1.82) is 0 Å². The van der Waals surface area contributed by atoms with Crippen LogP contribution < -0.4 is 10.6 Å². The standard InChI is InChI=1S/C12H11BrN4O/c1-14-11-6-8(4-5-15-11)12(18)17-10-3-2-9(13)7-16-10/h2-7H,1H3,(H,14,15)(H,16,17,18). The summed E-state index contributed by atoms with van der Waals surface area (Å²) < 4.78 is 0.863. The van der Waals surface area contributed by atoms with Crippen molar-refractivity contribution in [1.82, 2.24) is 9.97 Å². The van der Waals surface area contributed by atoms with Gasteiger partial charge in [0.05, 0.1) is 0 Å². The minimum atomic E-state index is -0.219. The molecule has 6 heteroatoms. The van der Waals surface area contributed by atoms with E-state index in [1.54, 1.807) is 37.6 Å². The average Bonchev–Trinajstić information content (AvgIpc) is 2.41. The van der Waals surface area contributed by atoms with Crippen LogP contribution in [0, 0.1) is 0 Å². The fourth-order valence-electron chi connectivity index (χ4n) is 1.35. The molecule has 0 aliphatic rings. The van der Waals surface area contributed by atoms with Crippen molar-refractivity contribution in [3.63, 3.8) is 0 Å². The Kier molecular flexibility index (Phi) is 3.88. The lowest BCUT2D eigenvalue weighted by molar-refractivity contribution is 0.102. The molecular formula is C12H11BrN4O. The molecule has 2 rings (SSSR count). The first-order chi connectivity index (χ1) is 8.69. The van der Waals surface area contributed by atoms with Crippen LogP contribution in [0.25, 0.3) is 0 Å². The third kappa shape index (κ3) is 3.04. The van der Waals surface area contributed by atoms with Crippen molar-refractivity contribution in [3.05, 3.63) is 46.7 Å². The molecule has 0 fully saturated rings. The molecule has 1 amide bonds. The molecule has 0 aliphatic carbocycles. The zero-order valence-corrected chi connectivity index (χ0v) is 11.2. The zero-order chi connectivity index (χ0) is 13.0. The smallest absolute Gasteiger partial charge is 0.257 e. The highest BCUT2D eigenvalue weighted by Crippen LogP contribution is 2.12. The lowest BCUT2D eigenvalue weighted by atomic mass is 10.2. The van der Waals surface area contributed by atoms with E-state index in [-0.39, 0.29) is 5.91 Å². The van der Waals surface area contributed by atoms with Gasteiger partial charge in [-0.15, -0.1) is 0 Å². The number of nitrogens with zero attached hydrogens (tertiary/aromatic N) is 2. The highest BCUT2D eigenvalue weighted by Gasteiger charge is 2.07.